The van der Waals surface area contributed by atoms with Crippen LogP contribution >= 0.6 is 0 Å². The van der Waals surface area contributed by atoms with Gasteiger partial charge in [0.1, 0.15) is 0 Å². The lowest BCUT2D eigenvalue weighted by Crippen LogP contribution is -2.25. The molecular weight excluding hydrogens is 182 g/mol. The van der Waals surface area contributed by atoms with Crippen LogP contribution < -0.4 is 15.8 Å². The van der Waals surface area contributed by atoms with Crippen molar-refractivity contribution >= 4 is 18.3 Å². The van der Waals surface area contributed by atoms with Gasteiger partial charge in [0.15, 0.2) is 0 Å². The van der Waals surface area contributed by atoms with Gasteiger partial charge in [-0.25, -0.2) is 0 Å². The number of nitrogens with one attached hydrogen (secondary N) is 1. The SMILES string of the molecule is C=C(C)Nc1cccc(=C)/c1=C\C=C/C. The molecule has 0 spiro atoms. The van der Waals surface area contributed by atoms with E-state index in [9.17, 15) is 0 Å². The van der Waals surface area contributed by atoms with Gasteiger partial charge in [-0.15, -0.1) is 0 Å². The van der Waals surface area contributed by atoms with Crippen molar-refractivity contribution in [3.05, 3.63) is 53.1 Å². The van der Waals surface area contributed by atoms with E-state index < -0.39 is 0 Å². The lowest BCUT2D eigenvalue weighted by Gasteiger charge is -2.05. The summed E-state index contributed by atoms with van der Waals surface area (Å²) < 4.78 is 0. The number of allylic oxidation sites excluding steroid dienone is 3. The average Bonchev–Trinajstić information content (AvgIpc) is 2.16. The molecule has 15 heavy (non-hydrogen) atoms. The van der Waals surface area contributed by atoms with Gasteiger partial charge in [-0.05, 0) is 25.1 Å². The lowest BCUT2D eigenvalue weighted by molar-refractivity contribution is 1.37. The second-order valence-electron chi connectivity index (χ2n) is 3.48. The molecule has 0 aromatic heterocycles. The van der Waals surface area contributed by atoms with Crippen LogP contribution in [0.15, 0.2) is 42.6 Å². The Hall–Kier alpha value is -1.76. The van der Waals surface area contributed by atoms with Crippen LogP contribution in [-0.2, 0) is 0 Å². The first kappa shape index (κ1) is 11.3. The van der Waals surface area contributed by atoms with Gasteiger partial charge in [-0.2, -0.15) is 0 Å². The summed E-state index contributed by atoms with van der Waals surface area (Å²) >= 11 is 0. The minimum absolute atomic E-state index is 0.927. The smallest absolute Gasteiger partial charge is 0.0461 e. The maximum absolute atomic E-state index is 4.01. The van der Waals surface area contributed by atoms with Crippen molar-refractivity contribution in [3.63, 3.8) is 0 Å². The molecule has 0 unspecified atom stereocenters. The fourth-order valence-electron chi connectivity index (χ4n) is 1.34. The van der Waals surface area contributed by atoms with Gasteiger partial charge in [0.25, 0.3) is 0 Å². The van der Waals surface area contributed by atoms with Crippen LogP contribution in [0, 0.1) is 0 Å². The lowest BCUT2D eigenvalue weighted by atomic mass is 10.2. The predicted octanol–water partition coefficient (Wildman–Crippen LogP) is 2.40. The van der Waals surface area contributed by atoms with Crippen molar-refractivity contribution in [2.24, 2.45) is 0 Å². The van der Waals surface area contributed by atoms with Gasteiger partial charge in [0, 0.05) is 16.6 Å². The normalized spacial score (nSPS) is 12.0. The van der Waals surface area contributed by atoms with Crippen LogP contribution in [-0.4, -0.2) is 0 Å². The zero-order valence-electron chi connectivity index (χ0n) is 9.38. The van der Waals surface area contributed by atoms with Crippen molar-refractivity contribution in [1.82, 2.24) is 0 Å². The molecule has 0 saturated carbocycles. The number of hydrogen-bond acceptors (Lipinski definition) is 1. The quantitative estimate of drug-likeness (QED) is 0.788. The summed E-state index contributed by atoms with van der Waals surface area (Å²) in [4.78, 5) is 0. The summed E-state index contributed by atoms with van der Waals surface area (Å²) in [5.41, 5.74) is 1.98. The largest absolute Gasteiger partial charge is 0.359 e. The second-order valence-corrected chi connectivity index (χ2v) is 3.48. The predicted molar refractivity (Wildman–Crippen MR) is 68.9 cm³/mol. The summed E-state index contributed by atoms with van der Waals surface area (Å²) in [5.74, 6) is 0. The first-order chi connectivity index (χ1) is 7.15. The zero-order chi connectivity index (χ0) is 11.3. The average molecular weight is 199 g/mol. The Bertz CT molecular complexity index is 481. The molecule has 0 bridgehead atoms. The first-order valence-corrected chi connectivity index (χ1v) is 4.98. The van der Waals surface area contributed by atoms with Crippen LogP contribution in [0.25, 0.3) is 12.7 Å². The maximum atomic E-state index is 4.01. The Morgan fingerprint density at radius 3 is 2.73 bits per heavy atom. The van der Waals surface area contributed by atoms with Gasteiger partial charge in [0.05, 0.1) is 0 Å². The third-order valence-corrected chi connectivity index (χ3v) is 2.00. The van der Waals surface area contributed by atoms with Gasteiger partial charge in [-0.1, -0.05) is 43.5 Å². The van der Waals surface area contributed by atoms with E-state index >= 15 is 0 Å². The fraction of sp³-hybridized carbons (Fsp3) is 0.143. The molecule has 0 atom stereocenters. The van der Waals surface area contributed by atoms with E-state index in [1.807, 2.05) is 50.3 Å². The number of anilines is 1. The molecule has 1 heteroatoms. The summed E-state index contributed by atoms with van der Waals surface area (Å²) in [6.45, 7) is 11.8. The Labute approximate surface area is 91.1 Å². The molecular formula is C14H17N. The molecule has 0 amide bonds. The van der Waals surface area contributed by atoms with E-state index in [4.69, 9.17) is 0 Å². The second kappa shape index (κ2) is 5.20. The Morgan fingerprint density at radius 2 is 2.13 bits per heavy atom. The highest BCUT2D eigenvalue weighted by Crippen LogP contribution is 1.99. The summed E-state index contributed by atoms with van der Waals surface area (Å²) in [6, 6.07) is 6.01. The van der Waals surface area contributed by atoms with E-state index in [2.05, 4.69) is 18.5 Å². The van der Waals surface area contributed by atoms with Gasteiger partial charge >= 0.3 is 0 Å². The minimum atomic E-state index is 0.927. The third kappa shape index (κ3) is 3.13. The molecule has 0 heterocycles. The standard InChI is InChI=1S/C14H17N/c1-5-6-9-13-12(4)8-7-10-14(13)15-11(2)3/h5-10,15H,2,4H2,1,3H3/b6-5-,13-9+. The molecule has 1 aromatic carbocycles. The molecule has 1 rings (SSSR count). The van der Waals surface area contributed by atoms with E-state index in [0.29, 0.717) is 0 Å². The van der Waals surface area contributed by atoms with E-state index in [0.717, 1.165) is 21.8 Å². The molecule has 1 nitrogen and oxygen atoms in total. The molecule has 0 aliphatic rings. The zero-order valence-corrected chi connectivity index (χ0v) is 9.38. The maximum Gasteiger partial charge on any atom is 0.0461 e. The highest BCUT2D eigenvalue weighted by molar-refractivity contribution is 5.55. The molecule has 1 aromatic rings. The number of rotatable bonds is 3. The third-order valence-electron chi connectivity index (χ3n) is 2.00. The number of benzene rings is 1. The summed E-state index contributed by atoms with van der Waals surface area (Å²) in [7, 11) is 0. The summed E-state index contributed by atoms with van der Waals surface area (Å²) in [5, 5.41) is 5.35. The van der Waals surface area contributed by atoms with Crippen molar-refractivity contribution in [3.8, 4) is 0 Å². The molecule has 0 aliphatic carbocycles. The first-order valence-electron chi connectivity index (χ1n) is 4.98. The molecule has 0 saturated heterocycles. The van der Waals surface area contributed by atoms with Crippen LogP contribution in [0.2, 0.25) is 0 Å². The fourth-order valence-corrected chi connectivity index (χ4v) is 1.34. The van der Waals surface area contributed by atoms with Crippen LogP contribution in [0.4, 0.5) is 5.69 Å². The van der Waals surface area contributed by atoms with Gasteiger partial charge in [0.2, 0.25) is 0 Å². The van der Waals surface area contributed by atoms with Crippen LogP contribution in [0.5, 0.6) is 0 Å². The topological polar surface area (TPSA) is 12.0 Å². The van der Waals surface area contributed by atoms with E-state index in [-0.39, 0.29) is 0 Å². The molecule has 1 N–H and O–H groups in total. The van der Waals surface area contributed by atoms with Crippen molar-refractivity contribution in [2.45, 2.75) is 13.8 Å². The molecule has 78 valence electrons. The molecule has 0 fully saturated rings. The van der Waals surface area contributed by atoms with E-state index in [1.165, 1.54) is 0 Å². The molecule has 0 radical (unpaired) electrons. The monoisotopic (exact) mass is 199 g/mol. The van der Waals surface area contributed by atoms with E-state index in [1.54, 1.807) is 0 Å². The number of hydrogen-bond donors (Lipinski definition) is 1. The van der Waals surface area contributed by atoms with Crippen molar-refractivity contribution < 1.29 is 0 Å². The Kier molecular flexibility index (Phi) is 3.92. The van der Waals surface area contributed by atoms with Gasteiger partial charge < -0.3 is 5.32 Å². The van der Waals surface area contributed by atoms with Crippen molar-refractivity contribution in [2.75, 3.05) is 5.32 Å². The van der Waals surface area contributed by atoms with Gasteiger partial charge in [-0.3, -0.25) is 0 Å². The van der Waals surface area contributed by atoms with Crippen LogP contribution in [0.1, 0.15) is 13.8 Å². The Balaban J connectivity index is 3.33. The Morgan fingerprint density at radius 1 is 1.40 bits per heavy atom. The van der Waals surface area contributed by atoms with Crippen LogP contribution in [0.3, 0.4) is 0 Å². The van der Waals surface area contributed by atoms with Crippen molar-refractivity contribution in [1.29, 1.82) is 0 Å². The highest BCUT2D eigenvalue weighted by Gasteiger charge is 1.93. The molecule has 0 aliphatic heterocycles. The summed E-state index contributed by atoms with van der Waals surface area (Å²) in [6.07, 6.45) is 6.05. The highest BCUT2D eigenvalue weighted by atomic mass is 14.9. The minimum Gasteiger partial charge on any atom is -0.359 e.